The maximum Gasteiger partial charge on any atom is 0.262 e. The van der Waals surface area contributed by atoms with Crippen molar-refractivity contribution in [3.8, 4) is 5.75 Å². The van der Waals surface area contributed by atoms with Crippen LogP contribution in [0.2, 0.25) is 0 Å². The first kappa shape index (κ1) is 21.7. The summed E-state index contributed by atoms with van der Waals surface area (Å²) in [5.74, 6) is -1.33. The number of halogens is 1. The van der Waals surface area contributed by atoms with Crippen LogP contribution in [0.1, 0.15) is 26.4 Å². The molecule has 160 valence electrons. The third kappa shape index (κ3) is 4.93. The van der Waals surface area contributed by atoms with E-state index in [1.165, 1.54) is 38.6 Å². The number of anilines is 3. The van der Waals surface area contributed by atoms with Crippen LogP contribution in [0.3, 0.4) is 0 Å². The van der Waals surface area contributed by atoms with Gasteiger partial charge >= 0.3 is 0 Å². The molecule has 0 aliphatic carbocycles. The second-order valence-corrected chi connectivity index (χ2v) is 6.26. The Balaban J connectivity index is 1.96. The van der Waals surface area contributed by atoms with Gasteiger partial charge in [0.1, 0.15) is 28.8 Å². The second kappa shape index (κ2) is 9.63. The molecular formula is C21H20FN5O4. The highest BCUT2D eigenvalue weighted by Crippen LogP contribution is 2.25. The monoisotopic (exact) mass is 425 g/mol. The van der Waals surface area contributed by atoms with Crippen LogP contribution < -0.4 is 20.7 Å². The molecular weight excluding hydrogens is 405 g/mol. The summed E-state index contributed by atoms with van der Waals surface area (Å²) >= 11 is 0. The van der Waals surface area contributed by atoms with Gasteiger partial charge in [0.2, 0.25) is 0 Å². The maximum atomic E-state index is 14.3. The lowest BCUT2D eigenvalue weighted by Gasteiger charge is -2.14. The zero-order valence-electron chi connectivity index (χ0n) is 16.8. The number of carbonyl (C=O) groups is 2. The average Bonchev–Trinajstić information content (AvgIpc) is 2.78. The van der Waals surface area contributed by atoms with Crippen LogP contribution in [0.25, 0.3) is 0 Å². The van der Waals surface area contributed by atoms with Gasteiger partial charge in [0.25, 0.3) is 11.8 Å². The van der Waals surface area contributed by atoms with E-state index < -0.39 is 17.6 Å². The van der Waals surface area contributed by atoms with Crippen molar-refractivity contribution in [2.24, 2.45) is 0 Å². The Hall–Kier alpha value is -4.05. The minimum atomic E-state index is -0.794. The molecule has 0 atom stereocenters. The van der Waals surface area contributed by atoms with Crippen LogP contribution in [0, 0.1) is 5.82 Å². The number of carbonyl (C=O) groups excluding carboxylic acids is 2. The van der Waals surface area contributed by atoms with Crippen molar-refractivity contribution in [1.29, 1.82) is 0 Å². The molecule has 0 aliphatic heterocycles. The molecule has 0 bridgehead atoms. The third-order valence-electron chi connectivity index (χ3n) is 4.27. The van der Waals surface area contributed by atoms with Gasteiger partial charge in [-0.15, -0.1) is 0 Å². The van der Waals surface area contributed by atoms with Gasteiger partial charge in [0.15, 0.2) is 0 Å². The van der Waals surface area contributed by atoms with Crippen LogP contribution in [0.4, 0.5) is 21.7 Å². The molecule has 0 aliphatic rings. The molecule has 0 spiro atoms. The van der Waals surface area contributed by atoms with Gasteiger partial charge in [-0.2, -0.15) is 0 Å². The lowest BCUT2D eigenvalue weighted by atomic mass is 10.1. The molecule has 10 heteroatoms. The number of nitrogens with zero attached hydrogens (tertiary/aromatic N) is 2. The molecule has 3 aromatic rings. The van der Waals surface area contributed by atoms with Crippen molar-refractivity contribution in [3.63, 3.8) is 0 Å². The summed E-state index contributed by atoms with van der Waals surface area (Å²) in [6, 6.07) is 10.4. The molecule has 3 rings (SSSR count). The number of nitrogens with one attached hydrogen (secondary N) is 3. The number of hydrogen-bond acceptors (Lipinski definition) is 7. The SMILES string of the molecule is CNC(=O)c1cnc(Nc2cccc(CO)n2)cc1NC(=O)c1c(F)cccc1OC. The topological polar surface area (TPSA) is 125 Å². The Kier molecular flexibility index (Phi) is 6.73. The van der Waals surface area contributed by atoms with E-state index in [2.05, 4.69) is 25.9 Å². The first-order chi connectivity index (χ1) is 15.0. The Morgan fingerprint density at radius 2 is 1.90 bits per heavy atom. The fraction of sp³-hybridized carbons (Fsp3) is 0.143. The number of rotatable bonds is 7. The van der Waals surface area contributed by atoms with Crippen LogP contribution in [-0.4, -0.2) is 41.0 Å². The van der Waals surface area contributed by atoms with Gasteiger partial charge < -0.3 is 25.8 Å². The van der Waals surface area contributed by atoms with E-state index in [9.17, 15) is 19.1 Å². The summed E-state index contributed by atoms with van der Waals surface area (Å²) in [5, 5.41) is 17.2. The summed E-state index contributed by atoms with van der Waals surface area (Å²) in [6.45, 7) is -0.232. The lowest BCUT2D eigenvalue weighted by Crippen LogP contribution is -2.22. The number of benzene rings is 1. The molecule has 0 saturated carbocycles. The number of aliphatic hydroxyl groups is 1. The normalized spacial score (nSPS) is 10.3. The van der Waals surface area contributed by atoms with Gasteiger partial charge in [-0.3, -0.25) is 9.59 Å². The Morgan fingerprint density at radius 1 is 1.13 bits per heavy atom. The van der Waals surface area contributed by atoms with Crippen molar-refractivity contribution in [1.82, 2.24) is 15.3 Å². The zero-order valence-corrected chi connectivity index (χ0v) is 16.8. The summed E-state index contributed by atoms with van der Waals surface area (Å²) in [5.41, 5.74) is 0.336. The minimum Gasteiger partial charge on any atom is -0.496 e. The summed E-state index contributed by atoms with van der Waals surface area (Å²) in [6.07, 6.45) is 1.27. The highest BCUT2D eigenvalue weighted by Gasteiger charge is 2.21. The molecule has 2 amide bonds. The largest absolute Gasteiger partial charge is 0.496 e. The molecule has 0 radical (unpaired) electrons. The van der Waals surface area contributed by atoms with Crippen molar-refractivity contribution in [2.45, 2.75) is 6.61 Å². The summed E-state index contributed by atoms with van der Waals surface area (Å²) < 4.78 is 19.4. The van der Waals surface area contributed by atoms with E-state index in [1.54, 1.807) is 18.2 Å². The number of ether oxygens (including phenoxy) is 1. The molecule has 9 nitrogen and oxygen atoms in total. The highest BCUT2D eigenvalue weighted by molar-refractivity contribution is 6.10. The molecule has 2 heterocycles. The molecule has 0 fully saturated rings. The van der Waals surface area contributed by atoms with Gasteiger partial charge in [-0.25, -0.2) is 14.4 Å². The standard InChI is InChI=1S/C21H20FN5O4/c1-23-20(29)13-10-24-18(27-17-8-3-5-12(11-28)25-17)9-15(13)26-21(30)19-14(22)6-4-7-16(19)31-2/h3-10,28H,11H2,1-2H3,(H,23,29)(H2,24,25,26,27,30). The van der Waals surface area contributed by atoms with E-state index in [0.29, 0.717) is 11.5 Å². The first-order valence-corrected chi connectivity index (χ1v) is 9.16. The third-order valence-corrected chi connectivity index (χ3v) is 4.27. The molecule has 0 unspecified atom stereocenters. The quantitative estimate of drug-likeness (QED) is 0.458. The lowest BCUT2D eigenvalue weighted by molar-refractivity contribution is 0.0963. The van der Waals surface area contributed by atoms with Crippen LogP contribution in [-0.2, 0) is 6.61 Å². The van der Waals surface area contributed by atoms with E-state index >= 15 is 0 Å². The van der Waals surface area contributed by atoms with Crippen LogP contribution >= 0.6 is 0 Å². The van der Waals surface area contributed by atoms with Crippen LogP contribution in [0.15, 0.2) is 48.7 Å². The van der Waals surface area contributed by atoms with Gasteiger partial charge in [-0.1, -0.05) is 12.1 Å². The van der Waals surface area contributed by atoms with E-state index in [0.717, 1.165) is 6.07 Å². The number of aliphatic hydroxyl groups excluding tert-OH is 1. The van der Waals surface area contributed by atoms with Gasteiger partial charge in [0, 0.05) is 19.3 Å². The van der Waals surface area contributed by atoms with E-state index in [-0.39, 0.29) is 35.0 Å². The van der Waals surface area contributed by atoms with Crippen molar-refractivity contribution < 1.29 is 23.8 Å². The fourth-order valence-electron chi connectivity index (χ4n) is 2.79. The van der Waals surface area contributed by atoms with Crippen molar-refractivity contribution >= 4 is 29.1 Å². The fourth-order valence-corrected chi connectivity index (χ4v) is 2.79. The van der Waals surface area contributed by atoms with Crippen molar-refractivity contribution in [2.75, 3.05) is 24.8 Å². The Morgan fingerprint density at radius 3 is 2.61 bits per heavy atom. The predicted molar refractivity (Wildman–Crippen MR) is 112 cm³/mol. The number of aromatic nitrogens is 2. The highest BCUT2D eigenvalue weighted by atomic mass is 19.1. The smallest absolute Gasteiger partial charge is 0.262 e. The number of methoxy groups -OCH3 is 1. The molecule has 1 aromatic carbocycles. The number of amides is 2. The van der Waals surface area contributed by atoms with Gasteiger partial charge in [-0.05, 0) is 24.3 Å². The van der Waals surface area contributed by atoms with Gasteiger partial charge in [0.05, 0.1) is 30.7 Å². The predicted octanol–water partition coefficient (Wildman–Crippen LogP) is 2.47. The maximum absolute atomic E-state index is 14.3. The number of pyridine rings is 2. The summed E-state index contributed by atoms with van der Waals surface area (Å²) in [4.78, 5) is 33.4. The average molecular weight is 425 g/mol. The zero-order chi connectivity index (χ0) is 22.4. The second-order valence-electron chi connectivity index (χ2n) is 6.26. The minimum absolute atomic E-state index is 0.0522. The molecule has 31 heavy (non-hydrogen) atoms. The van der Waals surface area contributed by atoms with Crippen LogP contribution in [0.5, 0.6) is 5.75 Å². The molecule has 0 saturated heterocycles. The summed E-state index contributed by atoms with van der Waals surface area (Å²) in [7, 11) is 2.76. The van der Waals surface area contributed by atoms with Crippen molar-refractivity contribution in [3.05, 3.63) is 71.3 Å². The first-order valence-electron chi connectivity index (χ1n) is 9.16. The molecule has 4 N–H and O–H groups in total. The Labute approximate surface area is 177 Å². The Bertz CT molecular complexity index is 1120. The number of hydrogen-bond donors (Lipinski definition) is 4. The van der Waals surface area contributed by atoms with E-state index in [1.807, 2.05) is 0 Å². The van der Waals surface area contributed by atoms with E-state index in [4.69, 9.17) is 4.74 Å². The molecule has 2 aromatic heterocycles.